The average molecular weight is 482 g/mol. The van der Waals surface area contributed by atoms with Gasteiger partial charge < -0.3 is 5.32 Å². The van der Waals surface area contributed by atoms with E-state index >= 15 is 0 Å². The third-order valence-electron chi connectivity index (χ3n) is 6.45. The van der Waals surface area contributed by atoms with Crippen molar-refractivity contribution in [3.05, 3.63) is 69.4 Å². The molecule has 0 bridgehead atoms. The number of likely N-dealkylation sites (tertiary alicyclic amines) is 1. The van der Waals surface area contributed by atoms with Crippen LogP contribution in [0.1, 0.15) is 44.4 Å². The minimum Gasteiger partial charge on any atom is -0.356 e. The highest BCUT2D eigenvalue weighted by molar-refractivity contribution is 6.30. The van der Waals surface area contributed by atoms with Crippen molar-refractivity contribution in [3.63, 3.8) is 0 Å². The van der Waals surface area contributed by atoms with Crippen molar-refractivity contribution in [3.8, 4) is 0 Å². The summed E-state index contributed by atoms with van der Waals surface area (Å²) in [5.74, 6) is 0.0928. The van der Waals surface area contributed by atoms with Crippen molar-refractivity contribution < 1.29 is 4.79 Å². The third-order valence-corrected chi connectivity index (χ3v) is 6.70. The lowest BCUT2D eigenvalue weighted by Gasteiger charge is -2.25. The molecule has 1 amide bonds. The summed E-state index contributed by atoms with van der Waals surface area (Å²) in [6, 6.07) is 9.75. The first kappa shape index (κ1) is 24.4. The zero-order chi connectivity index (χ0) is 24.1. The van der Waals surface area contributed by atoms with Gasteiger partial charge in [-0.2, -0.15) is 5.10 Å². The van der Waals surface area contributed by atoms with Gasteiger partial charge in [0.05, 0.1) is 17.6 Å². The lowest BCUT2D eigenvalue weighted by atomic mass is 10.1. The largest absolute Gasteiger partial charge is 0.356 e. The molecular weight excluding hydrogens is 450 g/mol. The van der Waals surface area contributed by atoms with Gasteiger partial charge in [-0.25, -0.2) is 4.68 Å². The molecule has 4 rings (SSSR count). The van der Waals surface area contributed by atoms with Gasteiger partial charge >= 0.3 is 0 Å². The van der Waals surface area contributed by atoms with Gasteiger partial charge in [-0.1, -0.05) is 37.6 Å². The van der Waals surface area contributed by atoms with Crippen LogP contribution >= 0.6 is 11.6 Å². The zero-order valence-corrected chi connectivity index (χ0v) is 20.6. The van der Waals surface area contributed by atoms with E-state index in [1.54, 1.807) is 23.1 Å². The number of amides is 1. The lowest BCUT2D eigenvalue weighted by molar-refractivity contribution is -0.123. The van der Waals surface area contributed by atoms with Gasteiger partial charge in [-0.3, -0.25) is 19.5 Å². The number of pyridine rings is 1. The van der Waals surface area contributed by atoms with Gasteiger partial charge in [0.25, 0.3) is 5.56 Å². The molecule has 0 unspecified atom stereocenters. The van der Waals surface area contributed by atoms with Crippen LogP contribution in [0.2, 0.25) is 5.02 Å². The predicted molar refractivity (Wildman–Crippen MR) is 135 cm³/mol. The van der Waals surface area contributed by atoms with Crippen LogP contribution in [0.25, 0.3) is 10.8 Å². The van der Waals surface area contributed by atoms with E-state index in [9.17, 15) is 9.59 Å². The van der Waals surface area contributed by atoms with E-state index in [1.165, 1.54) is 0 Å². The molecule has 3 heterocycles. The summed E-state index contributed by atoms with van der Waals surface area (Å²) in [6.07, 6.45) is 7.02. The Labute approximate surface area is 205 Å². The van der Waals surface area contributed by atoms with Crippen molar-refractivity contribution >= 4 is 28.3 Å². The van der Waals surface area contributed by atoms with E-state index < -0.39 is 0 Å². The van der Waals surface area contributed by atoms with E-state index in [0.29, 0.717) is 29.9 Å². The Balaban J connectivity index is 1.50. The molecule has 0 radical (unpaired) electrons. The number of rotatable bonds is 9. The van der Waals surface area contributed by atoms with Crippen LogP contribution < -0.4 is 10.9 Å². The van der Waals surface area contributed by atoms with Crippen molar-refractivity contribution in [2.75, 3.05) is 19.6 Å². The number of benzene rings is 1. The topological polar surface area (TPSA) is 80.1 Å². The van der Waals surface area contributed by atoms with Crippen LogP contribution in [0.5, 0.6) is 0 Å². The Morgan fingerprint density at radius 3 is 2.76 bits per heavy atom. The molecule has 1 saturated heterocycles. The Morgan fingerprint density at radius 1 is 1.21 bits per heavy atom. The highest BCUT2D eigenvalue weighted by atomic mass is 35.5. The van der Waals surface area contributed by atoms with Crippen molar-refractivity contribution in [2.24, 2.45) is 5.92 Å². The monoisotopic (exact) mass is 481 g/mol. The smallest absolute Gasteiger partial charge is 0.274 e. The molecule has 3 aromatic rings. The van der Waals surface area contributed by atoms with Gasteiger partial charge in [-0.05, 0) is 49.6 Å². The van der Waals surface area contributed by atoms with E-state index in [4.69, 9.17) is 16.7 Å². The number of nitrogens with one attached hydrogen (secondary N) is 1. The van der Waals surface area contributed by atoms with Crippen LogP contribution in [0, 0.1) is 5.92 Å². The fraction of sp³-hybridized carbons (Fsp3) is 0.462. The summed E-state index contributed by atoms with van der Waals surface area (Å²) in [5, 5.41) is 9.92. The molecule has 1 atom stereocenters. The van der Waals surface area contributed by atoms with Crippen molar-refractivity contribution in [1.82, 2.24) is 25.0 Å². The molecule has 1 aromatic carbocycles. The number of halogens is 1. The Morgan fingerprint density at radius 2 is 2.00 bits per heavy atom. The van der Waals surface area contributed by atoms with Gasteiger partial charge in [0.1, 0.15) is 0 Å². The van der Waals surface area contributed by atoms with Gasteiger partial charge in [-0.15, -0.1) is 0 Å². The zero-order valence-electron chi connectivity index (χ0n) is 19.8. The summed E-state index contributed by atoms with van der Waals surface area (Å²) >= 11 is 6.04. The lowest BCUT2D eigenvalue weighted by Crippen LogP contribution is -2.39. The maximum absolute atomic E-state index is 13.3. The standard InChI is InChI=1S/C26H32ClN5O2/c1-18(2)25(33)29-11-4-14-31-13-3-5-21(31)17-32-26(34)22-10-12-28-16-23(22)24(30-32)15-19-6-8-20(27)9-7-19/h6-10,12,16,18,21H,3-5,11,13-15,17H2,1-2H3,(H,29,33)/t21-/m1/s1. The maximum atomic E-state index is 13.3. The van der Waals surface area contributed by atoms with Crippen LogP contribution in [0.4, 0.5) is 0 Å². The summed E-state index contributed by atoms with van der Waals surface area (Å²) in [6.45, 7) is 6.93. The number of fused-ring (bicyclic) bond motifs is 1. The van der Waals surface area contributed by atoms with Crippen molar-refractivity contribution in [2.45, 2.75) is 52.1 Å². The minimum atomic E-state index is -0.0756. The number of nitrogens with zero attached hydrogens (tertiary/aromatic N) is 4. The second-order valence-corrected chi connectivity index (χ2v) is 9.73. The molecule has 1 N–H and O–H groups in total. The quantitative estimate of drug-likeness (QED) is 0.472. The molecule has 1 aliphatic heterocycles. The predicted octanol–water partition coefficient (Wildman–Crippen LogP) is 3.66. The van der Waals surface area contributed by atoms with Gasteiger partial charge in [0, 0.05) is 54.3 Å². The molecular formula is C26H32ClN5O2. The first-order valence-electron chi connectivity index (χ1n) is 12.0. The summed E-state index contributed by atoms with van der Waals surface area (Å²) in [4.78, 5) is 31.7. The Kier molecular flexibility index (Phi) is 7.95. The normalized spacial score (nSPS) is 16.4. The molecule has 0 spiro atoms. The van der Waals surface area contributed by atoms with Gasteiger partial charge in [0.2, 0.25) is 5.91 Å². The summed E-state index contributed by atoms with van der Waals surface area (Å²) in [7, 11) is 0. The fourth-order valence-corrected chi connectivity index (χ4v) is 4.66. The number of aromatic nitrogens is 3. The van der Waals surface area contributed by atoms with Crippen LogP contribution in [0.15, 0.2) is 47.5 Å². The molecule has 7 nitrogen and oxygen atoms in total. The van der Waals surface area contributed by atoms with Gasteiger partial charge in [0.15, 0.2) is 0 Å². The van der Waals surface area contributed by atoms with E-state index in [-0.39, 0.29) is 23.4 Å². The number of carbonyl (C=O) groups excluding carboxylic acids is 1. The maximum Gasteiger partial charge on any atom is 0.274 e. The molecule has 2 aromatic heterocycles. The van der Waals surface area contributed by atoms with Crippen molar-refractivity contribution in [1.29, 1.82) is 0 Å². The first-order chi connectivity index (χ1) is 16.4. The molecule has 0 saturated carbocycles. The van der Waals surface area contributed by atoms with Crippen LogP contribution in [-0.2, 0) is 17.8 Å². The number of hydrogen-bond donors (Lipinski definition) is 1. The van der Waals surface area contributed by atoms with Crippen LogP contribution in [0.3, 0.4) is 0 Å². The molecule has 180 valence electrons. The summed E-state index contributed by atoms with van der Waals surface area (Å²) in [5.41, 5.74) is 1.84. The molecule has 34 heavy (non-hydrogen) atoms. The number of carbonyl (C=O) groups is 1. The highest BCUT2D eigenvalue weighted by Crippen LogP contribution is 2.21. The molecule has 8 heteroatoms. The van der Waals surface area contributed by atoms with E-state index in [0.717, 1.165) is 49.0 Å². The molecule has 0 aliphatic carbocycles. The van der Waals surface area contributed by atoms with E-state index in [1.807, 2.05) is 38.1 Å². The first-order valence-corrected chi connectivity index (χ1v) is 12.4. The molecule has 1 aliphatic rings. The number of hydrogen-bond acceptors (Lipinski definition) is 5. The average Bonchev–Trinajstić information content (AvgIpc) is 3.27. The Hall–Kier alpha value is -2.77. The van der Waals surface area contributed by atoms with Crippen LogP contribution in [-0.4, -0.2) is 51.2 Å². The highest BCUT2D eigenvalue weighted by Gasteiger charge is 2.26. The SMILES string of the molecule is CC(C)C(=O)NCCCN1CCC[C@@H]1Cn1nc(Cc2ccc(Cl)cc2)c2cnccc2c1=O. The third kappa shape index (κ3) is 5.83. The second-order valence-electron chi connectivity index (χ2n) is 9.29. The second kappa shape index (κ2) is 11.1. The van der Waals surface area contributed by atoms with E-state index in [2.05, 4.69) is 15.2 Å². The minimum absolute atomic E-state index is 0.00246. The Bertz CT molecular complexity index is 1190. The fourth-order valence-electron chi connectivity index (χ4n) is 4.54. The molecule has 1 fully saturated rings. The summed E-state index contributed by atoms with van der Waals surface area (Å²) < 4.78 is 1.64.